The van der Waals surface area contributed by atoms with Crippen LogP contribution < -0.4 is 0 Å². The molecule has 2 rings (SSSR count). The van der Waals surface area contributed by atoms with Gasteiger partial charge in [-0.15, -0.1) is 0 Å². The van der Waals surface area contributed by atoms with E-state index >= 15 is 0 Å². The van der Waals surface area contributed by atoms with Gasteiger partial charge in [-0.2, -0.15) is 0 Å². The number of carbonyl (C=O) groups is 1. The molecule has 7 heteroatoms. The molecule has 1 fully saturated rings. The van der Waals surface area contributed by atoms with E-state index in [2.05, 4.69) is 0 Å². The van der Waals surface area contributed by atoms with E-state index in [-0.39, 0.29) is 30.0 Å². The summed E-state index contributed by atoms with van der Waals surface area (Å²) in [6.07, 6.45) is 1.17. The van der Waals surface area contributed by atoms with E-state index in [1.807, 2.05) is 0 Å². The molecule has 22 heavy (non-hydrogen) atoms. The van der Waals surface area contributed by atoms with Crippen LogP contribution in [0.25, 0.3) is 0 Å². The van der Waals surface area contributed by atoms with Crippen molar-refractivity contribution in [3.05, 3.63) is 28.8 Å². The van der Waals surface area contributed by atoms with Crippen LogP contribution in [-0.2, 0) is 9.84 Å². The zero-order chi connectivity index (χ0) is 16.7. The second kappa shape index (κ2) is 5.62. The standard InChI is InChI=1S/C15H20FNO4S/c1-10-6-12(22(3,20)21)7-13(11(10)2)14(19)17-5-4-15(16,8-17)9-18/h6-7,18H,4-5,8-9H2,1-3H3. The third-order valence-corrected chi connectivity index (χ3v) is 5.27. The minimum Gasteiger partial charge on any atom is -0.393 e. The fourth-order valence-electron chi connectivity index (χ4n) is 2.57. The van der Waals surface area contributed by atoms with Crippen LogP contribution >= 0.6 is 0 Å². The van der Waals surface area contributed by atoms with Gasteiger partial charge in [0, 0.05) is 24.8 Å². The summed E-state index contributed by atoms with van der Waals surface area (Å²) in [7, 11) is -3.43. The van der Waals surface area contributed by atoms with Gasteiger partial charge in [-0.1, -0.05) is 0 Å². The summed E-state index contributed by atoms with van der Waals surface area (Å²) in [5, 5.41) is 9.05. The average molecular weight is 329 g/mol. The summed E-state index contributed by atoms with van der Waals surface area (Å²) in [5.74, 6) is -0.404. The van der Waals surface area contributed by atoms with Gasteiger partial charge >= 0.3 is 0 Å². The van der Waals surface area contributed by atoms with Crippen molar-refractivity contribution >= 4 is 15.7 Å². The molecule has 1 saturated heterocycles. The fraction of sp³-hybridized carbons (Fsp3) is 0.533. The topological polar surface area (TPSA) is 74.7 Å². The normalized spacial score (nSPS) is 22.1. The Kier molecular flexibility index (Phi) is 4.32. The summed E-state index contributed by atoms with van der Waals surface area (Å²) < 4.78 is 37.5. The Hall–Kier alpha value is -1.47. The zero-order valence-corrected chi connectivity index (χ0v) is 13.7. The summed E-state index contributed by atoms with van der Waals surface area (Å²) in [6, 6.07) is 2.87. The van der Waals surface area contributed by atoms with E-state index in [9.17, 15) is 17.6 Å². The summed E-state index contributed by atoms with van der Waals surface area (Å²) in [4.78, 5) is 14.0. The molecular formula is C15H20FNO4S. The monoisotopic (exact) mass is 329 g/mol. The number of nitrogens with zero attached hydrogens (tertiary/aromatic N) is 1. The number of sulfone groups is 1. The highest BCUT2D eigenvalue weighted by atomic mass is 32.2. The van der Waals surface area contributed by atoms with Crippen LogP contribution in [0, 0.1) is 13.8 Å². The highest BCUT2D eigenvalue weighted by Gasteiger charge is 2.40. The molecule has 122 valence electrons. The first-order valence-corrected chi connectivity index (χ1v) is 8.87. The average Bonchev–Trinajstić information content (AvgIpc) is 2.83. The second-order valence-corrected chi connectivity index (χ2v) is 7.99. The second-order valence-electron chi connectivity index (χ2n) is 5.97. The van der Waals surface area contributed by atoms with Gasteiger partial charge in [0.25, 0.3) is 5.91 Å². The van der Waals surface area contributed by atoms with E-state index in [4.69, 9.17) is 5.11 Å². The molecule has 0 spiro atoms. The molecule has 0 saturated carbocycles. The first-order chi connectivity index (χ1) is 10.1. The highest BCUT2D eigenvalue weighted by molar-refractivity contribution is 7.90. The van der Waals surface area contributed by atoms with Crippen molar-refractivity contribution in [3.8, 4) is 0 Å². The van der Waals surface area contributed by atoms with Crippen LogP contribution in [0.3, 0.4) is 0 Å². The molecule has 1 amide bonds. The quantitative estimate of drug-likeness (QED) is 0.906. The van der Waals surface area contributed by atoms with Gasteiger partial charge in [-0.3, -0.25) is 4.79 Å². The van der Waals surface area contributed by atoms with Crippen molar-refractivity contribution in [2.45, 2.75) is 30.8 Å². The van der Waals surface area contributed by atoms with Gasteiger partial charge in [0.05, 0.1) is 18.0 Å². The Morgan fingerprint density at radius 2 is 2.05 bits per heavy atom. The van der Waals surface area contributed by atoms with Crippen LogP contribution in [0.4, 0.5) is 4.39 Å². The molecule has 0 aromatic heterocycles. The largest absolute Gasteiger partial charge is 0.393 e. The predicted molar refractivity (Wildman–Crippen MR) is 80.5 cm³/mol. The van der Waals surface area contributed by atoms with Crippen LogP contribution in [0.5, 0.6) is 0 Å². The van der Waals surface area contributed by atoms with Gasteiger partial charge in [0.15, 0.2) is 15.5 Å². The van der Waals surface area contributed by atoms with Crippen molar-refractivity contribution in [2.24, 2.45) is 0 Å². The number of carbonyl (C=O) groups excluding carboxylic acids is 1. The molecular weight excluding hydrogens is 309 g/mol. The van der Waals surface area contributed by atoms with E-state index in [1.54, 1.807) is 13.8 Å². The number of hydrogen-bond acceptors (Lipinski definition) is 4. The number of alkyl halides is 1. The van der Waals surface area contributed by atoms with E-state index in [0.717, 1.165) is 6.26 Å². The Morgan fingerprint density at radius 3 is 2.55 bits per heavy atom. The van der Waals surface area contributed by atoms with Crippen LogP contribution in [0.1, 0.15) is 27.9 Å². The number of likely N-dealkylation sites (tertiary alicyclic amines) is 1. The summed E-state index contributed by atoms with van der Waals surface area (Å²) in [5.41, 5.74) is -0.132. The molecule has 5 nitrogen and oxygen atoms in total. The lowest BCUT2D eigenvalue weighted by Gasteiger charge is -2.20. The lowest BCUT2D eigenvalue weighted by atomic mass is 10.0. The Labute approximate surface area is 129 Å². The van der Waals surface area contributed by atoms with Crippen molar-refractivity contribution in [3.63, 3.8) is 0 Å². The lowest BCUT2D eigenvalue weighted by Crippen LogP contribution is -2.35. The van der Waals surface area contributed by atoms with Crippen molar-refractivity contribution in [2.75, 3.05) is 26.0 Å². The molecule has 1 N–H and O–H groups in total. The van der Waals surface area contributed by atoms with E-state index in [0.29, 0.717) is 11.1 Å². The summed E-state index contributed by atoms with van der Waals surface area (Å²) in [6.45, 7) is 2.87. The van der Waals surface area contributed by atoms with Gasteiger partial charge in [0.2, 0.25) is 0 Å². The number of hydrogen-bond donors (Lipinski definition) is 1. The van der Waals surface area contributed by atoms with Crippen LogP contribution in [0.2, 0.25) is 0 Å². The van der Waals surface area contributed by atoms with Gasteiger partial charge in [-0.25, -0.2) is 12.8 Å². The molecule has 1 aromatic rings. The molecule has 0 bridgehead atoms. The third kappa shape index (κ3) is 3.15. The number of aliphatic hydroxyl groups is 1. The third-order valence-electron chi connectivity index (χ3n) is 4.17. The first-order valence-electron chi connectivity index (χ1n) is 6.98. The number of rotatable bonds is 3. The SMILES string of the molecule is Cc1cc(S(C)(=O)=O)cc(C(=O)N2CCC(F)(CO)C2)c1C. The molecule has 1 unspecified atom stereocenters. The number of benzene rings is 1. The maximum Gasteiger partial charge on any atom is 0.254 e. The Balaban J connectivity index is 2.41. The number of halogens is 1. The molecule has 1 atom stereocenters. The molecule has 1 aliphatic heterocycles. The van der Waals surface area contributed by atoms with E-state index in [1.165, 1.54) is 17.0 Å². The molecule has 1 aromatic carbocycles. The molecule has 0 aliphatic carbocycles. The molecule has 0 radical (unpaired) electrons. The van der Waals surface area contributed by atoms with Gasteiger partial charge in [-0.05, 0) is 37.1 Å². The maximum atomic E-state index is 14.1. The van der Waals surface area contributed by atoms with Gasteiger partial charge < -0.3 is 10.0 Å². The smallest absolute Gasteiger partial charge is 0.254 e. The number of aliphatic hydroxyl groups excluding tert-OH is 1. The van der Waals surface area contributed by atoms with Crippen LogP contribution in [0.15, 0.2) is 17.0 Å². The number of aryl methyl sites for hydroxylation is 1. The fourth-order valence-corrected chi connectivity index (χ4v) is 3.29. The highest BCUT2D eigenvalue weighted by Crippen LogP contribution is 2.28. The minimum atomic E-state index is -3.43. The maximum absolute atomic E-state index is 14.1. The van der Waals surface area contributed by atoms with Gasteiger partial charge in [0.1, 0.15) is 0 Å². The van der Waals surface area contributed by atoms with Crippen molar-refractivity contribution in [1.82, 2.24) is 4.90 Å². The Morgan fingerprint density at radius 1 is 1.41 bits per heavy atom. The van der Waals surface area contributed by atoms with E-state index < -0.39 is 28.0 Å². The number of amides is 1. The first kappa shape index (κ1) is 16.9. The van der Waals surface area contributed by atoms with Crippen LogP contribution in [-0.4, -0.2) is 56.0 Å². The Bertz CT molecular complexity index is 716. The predicted octanol–water partition coefficient (Wildman–Crippen LogP) is 1.25. The summed E-state index contributed by atoms with van der Waals surface area (Å²) >= 11 is 0. The van der Waals surface area contributed by atoms with Crippen molar-refractivity contribution < 1.29 is 22.7 Å². The van der Waals surface area contributed by atoms with Crippen molar-refractivity contribution in [1.29, 1.82) is 0 Å². The minimum absolute atomic E-state index is 0.0758. The molecule has 1 heterocycles. The lowest BCUT2D eigenvalue weighted by molar-refractivity contribution is 0.0630. The molecule has 1 aliphatic rings. The zero-order valence-electron chi connectivity index (χ0n) is 12.9.